The van der Waals surface area contributed by atoms with Crippen molar-refractivity contribution in [3.05, 3.63) is 86.7 Å². The van der Waals surface area contributed by atoms with Crippen LogP contribution in [0.2, 0.25) is 0 Å². The van der Waals surface area contributed by atoms with Crippen molar-refractivity contribution in [2.75, 3.05) is 6.54 Å². The van der Waals surface area contributed by atoms with E-state index in [1.807, 2.05) is 0 Å². The van der Waals surface area contributed by atoms with E-state index in [-0.39, 0.29) is 11.3 Å². The minimum Gasteiger partial charge on any atom is -0.506 e. The Hall–Kier alpha value is -5.01. The molecule has 1 heterocycles. The monoisotopic (exact) mass is 612 g/mol. The zero-order valence-electron chi connectivity index (χ0n) is 24.2. The number of rotatable bonds is 10. The normalized spacial score (nSPS) is 12.9. The smallest absolute Gasteiger partial charge is 0.328 e. The molecule has 1 atom stereocenters. The van der Waals surface area contributed by atoms with Crippen LogP contribution in [0.25, 0.3) is 10.9 Å². The third-order valence-electron chi connectivity index (χ3n) is 6.75. The van der Waals surface area contributed by atoms with Crippen LogP contribution >= 0.6 is 0 Å². The summed E-state index contributed by atoms with van der Waals surface area (Å²) in [6, 6.07) is 11.3. The number of pyridine rings is 1. The Morgan fingerprint density at radius 2 is 1.41 bits per heavy atom. The maximum absolute atomic E-state index is 11.6. The number of phenolic OH excluding ortho intramolecular Hbond substituents is 1. The molecule has 0 radical (unpaired) electrons. The Balaban J connectivity index is 0.000000373. The van der Waals surface area contributed by atoms with Crippen LogP contribution in [0.5, 0.6) is 5.75 Å². The highest BCUT2D eigenvalue weighted by Crippen LogP contribution is 2.30. The average molecular weight is 613 g/mol. The summed E-state index contributed by atoms with van der Waals surface area (Å²) in [5.74, 6) is -5.13. The van der Waals surface area contributed by atoms with Crippen LogP contribution in [0, 0.1) is 0 Å². The number of carbonyl (C=O) groups is 4. The third kappa shape index (κ3) is 10.7. The maximum Gasteiger partial charge on any atom is 0.328 e. The number of aryl methyl sites for hydroxylation is 2. The van der Waals surface area contributed by atoms with E-state index in [4.69, 9.17) is 20.4 Å². The number of carboxylic acids is 4. The van der Waals surface area contributed by atoms with Crippen LogP contribution in [-0.4, -0.2) is 72.1 Å². The van der Waals surface area contributed by atoms with Gasteiger partial charge in [-0.05, 0) is 65.6 Å². The lowest BCUT2D eigenvalue weighted by Crippen LogP contribution is -2.33. The molecule has 0 amide bonds. The van der Waals surface area contributed by atoms with E-state index >= 15 is 0 Å². The first-order chi connectivity index (χ1) is 20.7. The number of aliphatic hydroxyl groups is 1. The molecular weight excluding hydrogens is 576 g/mol. The van der Waals surface area contributed by atoms with E-state index in [1.165, 1.54) is 34.4 Å². The predicted octanol–water partition coefficient (Wildman–Crippen LogP) is 2.41. The van der Waals surface area contributed by atoms with Crippen LogP contribution in [0.1, 0.15) is 54.2 Å². The number of benzene rings is 2. The van der Waals surface area contributed by atoms with Crippen molar-refractivity contribution < 1.29 is 49.8 Å². The summed E-state index contributed by atoms with van der Waals surface area (Å²) in [6.07, 6.45) is 3.65. The quantitative estimate of drug-likeness (QED) is 0.122. The maximum atomic E-state index is 11.6. The highest BCUT2D eigenvalue weighted by Gasteiger charge is 2.24. The number of hydrogen-bond donors (Lipinski definition) is 8. The summed E-state index contributed by atoms with van der Waals surface area (Å²) < 4.78 is 0. The molecule has 0 fully saturated rings. The van der Waals surface area contributed by atoms with Crippen molar-refractivity contribution in [1.82, 2.24) is 10.3 Å². The zero-order valence-corrected chi connectivity index (χ0v) is 24.2. The number of nitrogens with one attached hydrogen (secondary N) is 2. The first-order valence-corrected chi connectivity index (χ1v) is 13.7. The zero-order chi connectivity index (χ0) is 33.0. The number of aliphatic carboxylic acids is 4. The molecule has 0 aliphatic heterocycles. The van der Waals surface area contributed by atoms with Gasteiger partial charge in [-0.25, -0.2) is 9.59 Å². The number of H-pyrrole nitrogens is 1. The summed E-state index contributed by atoms with van der Waals surface area (Å²) in [4.78, 5) is 52.2. The van der Waals surface area contributed by atoms with Crippen molar-refractivity contribution in [2.45, 2.75) is 58.1 Å². The number of aromatic nitrogens is 1. The van der Waals surface area contributed by atoms with Crippen molar-refractivity contribution in [2.24, 2.45) is 0 Å². The van der Waals surface area contributed by atoms with Gasteiger partial charge in [0, 0.05) is 36.2 Å². The number of carboxylic acid groups (broad SMARTS) is 4. The molecule has 0 saturated heterocycles. The van der Waals surface area contributed by atoms with Crippen LogP contribution in [0.4, 0.5) is 0 Å². The van der Waals surface area contributed by atoms with Crippen molar-refractivity contribution in [3.8, 4) is 5.75 Å². The van der Waals surface area contributed by atoms with E-state index in [9.17, 15) is 34.2 Å². The molecule has 1 aliphatic rings. The third-order valence-corrected chi connectivity index (χ3v) is 6.75. The van der Waals surface area contributed by atoms with E-state index < -0.39 is 36.4 Å². The number of aliphatic hydroxyl groups excluding tert-OH is 1. The fourth-order valence-electron chi connectivity index (χ4n) is 4.79. The minimum atomic E-state index is -1.31. The fraction of sp³-hybridized carbons (Fsp3) is 0.323. The fourth-order valence-corrected chi connectivity index (χ4v) is 4.79. The van der Waals surface area contributed by atoms with Gasteiger partial charge in [-0.2, -0.15) is 0 Å². The van der Waals surface area contributed by atoms with Crippen molar-refractivity contribution >= 4 is 34.8 Å². The highest BCUT2D eigenvalue weighted by molar-refractivity contribution is 5.90. The number of aromatic hydroxyl groups is 1. The lowest BCUT2D eigenvalue weighted by Gasteiger charge is -2.18. The summed E-state index contributed by atoms with van der Waals surface area (Å²) in [5.41, 5.74) is 6.49. The Morgan fingerprint density at radius 3 is 1.84 bits per heavy atom. The number of phenols is 1. The van der Waals surface area contributed by atoms with Gasteiger partial charge in [-0.3, -0.25) is 14.4 Å². The molecule has 13 heteroatoms. The van der Waals surface area contributed by atoms with Crippen LogP contribution in [0.3, 0.4) is 0 Å². The van der Waals surface area contributed by atoms with E-state index in [0.29, 0.717) is 41.2 Å². The lowest BCUT2D eigenvalue weighted by molar-refractivity contribution is -0.147. The largest absolute Gasteiger partial charge is 0.506 e. The van der Waals surface area contributed by atoms with Gasteiger partial charge in [-0.15, -0.1) is 0 Å². The molecule has 1 aromatic heterocycles. The summed E-state index contributed by atoms with van der Waals surface area (Å²) >= 11 is 0. The second-order valence-electron chi connectivity index (χ2n) is 9.89. The van der Waals surface area contributed by atoms with Gasteiger partial charge in [0.15, 0.2) is 0 Å². The molecule has 4 rings (SSSR count). The van der Waals surface area contributed by atoms with Crippen molar-refractivity contribution in [1.29, 1.82) is 0 Å². The molecular formula is C31H36N2O11. The van der Waals surface area contributed by atoms with Gasteiger partial charge in [0.2, 0.25) is 5.56 Å². The van der Waals surface area contributed by atoms with Crippen LogP contribution in [-0.2, 0) is 44.9 Å². The standard InChI is InChI=1S/C24H28N2O3.C4H4O4.C3H4O4/c1-3-14-9-16-11-18(12-17(16)10-15(14)4-2)25-13-22(28)19-5-7-21(27)24-20(19)6-8-23(29)26-24;5-3(6)1-2-4(7)8;4-2(5)1-3(6)7/h5-10,18,22,25,27-28H,3-4,11-13H2,1-2H3,(H,26,29);1-2H,(H,5,6)(H,7,8);1H2,(H,4,5)(H,6,7)/t22-;;/m0../s1. The van der Waals surface area contributed by atoms with Gasteiger partial charge in [0.25, 0.3) is 0 Å². The molecule has 3 aromatic rings. The Bertz CT molecular complexity index is 1530. The average Bonchev–Trinajstić information content (AvgIpc) is 3.36. The first kappa shape index (κ1) is 35.2. The summed E-state index contributed by atoms with van der Waals surface area (Å²) in [7, 11) is 0. The van der Waals surface area contributed by atoms with E-state index in [1.54, 1.807) is 12.1 Å². The predicted molar refractivity (Wildman–Crippen MR) is 160 cm³/mol. The SMILES string of the molecule is CCc1cc2c(cc1CC)CC(NC[C@H](O)c1ccc(O)c3[nH]c(=O)ccc13)C2.O=C(O)C=CC(=O)O.O=C(O)CC(=O)O. The van der Waals surface area contributed by atoms with E-state index in [0.717, 1.165) is 25.7 Å². The Morgan fingerprint density at radius 1 is 0.886 bits per heavy atom. The molecule has 1 aliphatic carbocycles. The minimum absolute atomic E-state index is 0.00584. The van der Waals surface area contributed by atoms with Gasteiger partial charge >= 0.3 is 23.9 Å². The molecule has 0 bridgehead atoms. The Kier molecular flexibility index (Phi) is 13.3. The molecule has 8 N–H and O–H groups in total. The summed E-state index contributed by atoms with van der Waals surface area (Å²) in [5, 5.41) is 56.0. The van der Waals surface area contributed by atoms with Gasteiger partial charge in [0.05, 0.1) is 11.6 Å². The second-order valence-corrected chi connectivity index (χ2v) is 9.89. The topological polar surface area (TPSA) is 235 Å². The second kappa shape index (κ2) is 16.6. The summed E-state index contributed by atoms with van der Waals surface area (Å²) in [6.45, 7) is 4.83. The molecule has 0 spiro atoms. The van der Waals surface area contributed by atoms with Crippen LogP contribution < -0.4 is 10.9 Å². The van der Waals surface area contributed by atoms with Gasteiger partial charge in [-0.1, -0.05) is 32.0 Å². The highest BCUT2D eigenvalue weighted by atomic mass is 16.4. The number of aromatic amines is 1. The molecule has 0 unspecified atom stereocenters. The first-order valence-electron chi connectivity index (χ1n) is 13.7. The number of fused-ring (bicyclic) bond motifs is 2. The molecule has 2 aromatic carbocycles. The van der Waals surface area contributed by atoms with Gasteiger partial charge in [0.1, 0.15) is 12.2 Å². The Labute approximate surface area is 252 Å². The van der Waals surface area contributed by atoms with Crippen molar-refractivity contribution in [3.63, 3.8) is 0 Å². The van der Waals surface area contributed by atoms with Gasteiger partial charge < -0.3 is 40.9 Å². The molecule has 0 saturated carbocycles. The number of hydrogen-bond acceptors (Lipinski definition) is 8. The molecule has 13 nitrogen and oxygen atoms in total. The van der Waals surface area contributed by atoms with Crippen LogP contribution in [0.15, 0.2) is 53.3 Å². The lowest BCUT2D eigenvalue weighted by atomic mass is 9.97. The molecule has 236 valence electrons. The van der Waals surface area contributed by atoms with E-state index in [2.05, 4.69) is 36.3 Å². The molecule has 44 heavy (non-hydrogen) atoms.